The molecule has 0 aromatic rings. The molecule has 0 unspecified atom stereocenters. The van der Waals surface area contributed by atoms with Gasteiger partial charge in [-0.1, -0.05) is 57.3 Å². The van der Waals surface area contributed by atoms with Crippen molar-refractivity contribution in [1.82, 2.24) is 4.90 Å². The lowest BCUT2D eigenvalue weighted by Crippen LogP contribution is -2.36. The Balaban J connectivity index is 2.39. The maximum Gasteiger partial charge on any atom is 0.0573 e. The predicted molar refractivity (Wildman–Crippen MR) is 90.7 cm³/mol. The molecule has 0 aromatic carbocycles. The Morgan fingerprint density at radius 2 is 1.63 bits per heavy atom. The van der Waals surface area contributed by atoms with Crippen molar-refractivity contribution in [2.45, 2.75) is 76.5 Å². The monoisotopic (exact) mass is 281 g/mol. The molecule has 112 valence electrons. The fourth-order valence-corrected chi connectivity index (χ4v) is 8.91. The van der Waals surface area contributed by atoms with Gasteiger partial charge in [-0.25, -0.2) is 0 Å². The summed E-state index contributed by atoms with van der Waals surface area (Å²) < 4.78 is 0. The average Bonchev–Trinajstić information content (AvgIpc) is 2.41. The van der Waals surface area contributed by atoms with Gasteiger partial charge in [0.05, 0.1) is 8.07 Å². The van der Waals surface area contributed by atoms with Crippen LogP contribution in [0.25, 0.3) is 0 Å². The molecule has 2 heteroatoms. The van der Waals surface area contributed by atoms with Crippen molar-refractivity contribution in [2.24, 2.45) is 0 Å². The van der Waals surface area contributed by atoms with Gasteiger partial charge in [-0.3, -0.25) is 0 Å². The van der Waals surface area contributed by atoms with Gasteiger partial charge in [0.25, 0.3) is 0 Å². The molecule has 1 nitrogen and oxygen atoms in total. The maximum absolute atomic E-state index is 4.03. The Labute approximate surface area is 122 Å². The van der Waals surface area contributed by atoms with E-state index in [1.165, 1.54) is 82.3 Å². The average molecular weight is 282 g/mol. The largest absolute Gasteiger partial charge is 0.303 e. The van der Waals surface area contributed by atoms with Crippen LogP contribution in [0.2, 0.25) is 24.2 Å². The van der Waals surface area contributed by atoms with Crippen LogP contribution in [0.1, 0.15) is 52.4 Å². The van der Waals surface area contributed by atoms with Crippen LogP contribution >= 0.6 is 0 Å². The third-order valence-corrected chi connectivity index (χ3v) is 10.5. The second-order valence-electron chi connectivity index (χ2n) is 6.50. The van der Waals surface area contributed by atoms with Crippen LogP contribution in [-0.4, -0.2) is 32.6 Å². The second-order valence-corrected chi connectivity index (χ2v) is 11.4. The van der Waals surface area contributed by atoms with Crippen molar-refractivity contribution in [3.8, 4) is 0 Å². The van der Waals surface area contributed by atoms with Crippen LogP contribution in [-0.2, 0) is 0 Å². The Morgan fingerprint density at radius 1 is 1.00 bits per heavy atom. The van der Waals surface area contributed by atoms with E-state index in [-0.39, 0.29) is 0 Å². The molecule has 1 fully saturated rings. The van der Waals surface area contributed by atoms with E-state index < -0.39 is 8.07 Å². The van der Waals surface area contributed by atoms with Crippen molar-refractivity contribution < 1.29 is 0 Å². The Bertz CT molecular complexity index is 227. The minimum atomic E-state index is -1.02. The molecule has 0 spiro atoms. The number of nitrogens with zero attached hydrogens (tertiary/aromatic N) is 1. The van der Waals surface area contributed by atoms with Crippen molar-refractivity contribution >= 4 is 8.07 Å². The third kappa shape index (κ3) is 6.27. The highest BCUT2D eigenvalue weighted by molar-refractivity contribution is 6.80. The lowest BCUT2D eigenvalue weighted by atomic mass is 10.1. The van der Waals surface area contributed by atoms with Crippen LogP contribution in [0.3, 0.4) is 0 Å². The van der Waals surface area contributed by atoms with Crippen LogP contribution in [0, 0.1) is 0 Å². The summed E-state index contributed by atoms with van der Waals surface area (Å²) in [6.45, 7) is 12.8. The highest BCUT2D eigenvalue weighted by Crippen LogP contribution is 2.30. The van der Waals surface area contributed by atoms with Crippen LogP contribution in [0.5, 0.6) is 0 Å². The van der Waals surface area contributed by atoms with E-state index in [1.807, 2.05) is 0 Å². The number of piperidine rings is 1. The molecule has 0 radical (unpaired) electrons. The van der Waals surface area contributed by atoms with Gasteiger partial charge >= 0.3 is 0 Å². The zero-order chi connectivity index (χ0) is 14.0. The maximum atomic E-state index is 4.03. The van der Waals surface area contributed by atoms with E-state index in [0.29, 0.717) is 0 Å². The van der Waals surface area contributed by atoms with Crippen LogP contribution in [0.4, 0.5) is 0 Å². The smallest absolute Gasteiger partial charge is 0.0573 e. The van der Waals surface area contributed by atoms with Gasteiger partial charge in [-0.15, -0.1) is 6.58 Å². The molecule has 19 heavy (non-hydrogen) atoms. The molecule has 1 rings (SSSR count). The minimum Gasteiger partial charge on any atom is -0.303 e. The standard InChI is InChI=1S/C17H35NSi/c1-4-14-19(15-5-2,16-6-3)17-10-13-18-11-8-7-9-12-18/h4H,1,5-17H2,2-3H3. The number of likely N-dealkylation sites (tertiary alicyclic amines) is 1. The van der Waals surface area contributed by atoms with Crippen molar-refractivity contribution in [2.75, 3.05) is 19.6 Å². The van der Waals surface area contributed by atoms with Crippen molar-refractivity contribution in [1.29, 1.82) is 0 Å². The van der Waals surface area contributed by atoms with E-state index in [9.17, 15) is 0 Å². The Kier molecular flexibility index (Phi) is 8.72. The van der Waals surface area contributed by atoms with E-state index in [0.717, 1.165) is 0 Å². The van der Waals surface area contributed by atoms with Crippen LogP contribution in [0.15, 0.2) is 12.7 Å². The SMILES string of the molecule is C=CC[Si](CCC)(CCC)CCCN1CCCCC1. The van der Waals surface area contributed by atoms with Gasteiger partial charge < -0.3 is 4.90 Å². The lowest BCUT2D eigenvalue weighted by Gasteiger charge is -2.32. The molecule has 0 saturated carbocycles. The summed E-state index contributed by atoms with van der Waals surface area (Å²) >= 11 is 0. The Morgan fingerprint density at radius 3 is 2.16 bits per heavy atom. The molecular weight excluding hydrogens is 246 g/mol. The first-order chi connectivity index (χ1) is 9.26. The number of allylic oxidation sites excluding steroid dienone is 1. The molecule has 1 aliphatic rings. The molecule has 0 bridgehead atoms. The summed E-state index contributed by atoms with van der Waals surface area (Å²) in [5, 5.41) is 0. The Hall–Kier alpha value is -0.0831. The molecule has 1 heterocycles. The first-order valence-electron chi connectivity index (χ1n) is 8.59. The van der Waals surface area contributed by atoms with E-state index in [2.05, 4.69) is 31.4 Å². The molecule has 0 aromatic heterocycles. The van der Waals surface area contributed by atoms with Gasteiger partial charge in [0.15, 0.2) is 0 Å². The van der Waals surface area contributed by atoms with Gasteiger partial charge in [-0.05, 0) is 44.9 Å². The number of hydrogen-bond donors (Lipinski definition) is 0. The zero-order valence-electron chi connectivity index (χ0n) is 13.4. The number of rotatable bonds is 10. The summed E-state index contributed by atoms with van der Waals surface area (Å²) in [4.78, 5) is 2.70. The van der Waals surface area contributed by atoms with E-state index in [4.69, 9.17) is 0 Å². The molecular formula is C17H35NSi. The minimum absolute atomic E-state index is 1.02. The highest BCUT2D eigenvalue weighted by atomic mass is 28.3. The van der Waals surface area contributed by atoms with Gasteiger partial charge in [0.2, 0.25) is 0 Å². The van der Waals surface area contributed by atoms with Crippen LogP contribution < -0.4 is 0 Å². The molecule has 1 aliphatic heterocycles. The van der Waals surface area contributed by atoms with E-state index >= 15 is 0 Å². The van der Waals surface area contributed by atoms with Crippen molar-refractivity contribution in [3.63, 3.8) is 0 Å². The van der Waals surface area contributed by atoms with Gasteiger partial charge in [0, 0.05) is 0 Å². The molecule has 1 saturated heterocycles. The predicted octanol–water partition coefficient (Wildman–Crippen LogP) is 5.32. The summed E-state index contributed by atoms with van der Waals surface area (Å²) in [7, 11) is -1.02. The lowest BCUT2D eigenvalue weighted by molar-refractivity contribution is 0.229. The van der Waals surface area contributed by atoms with Gasteiger partial charge in [0.1, 0.15) is 0 Å². The second kappa shape index (κ2) is 9.76. The van der Waals surface area contributed by atoms with E-state index in [1.54, 1.807) is 0 Å². The first kappa shape index (κ1) is 17.0. The topological polar surface area (TPSA) is 3.24 Å². The first-order valence-corrected chi connectivity index (χ1v) is 11.4. The number of hydrogen-bond acceptors (Lipinski definition) is 1. The molecule has 0 atom stereocenters. The summed E-state index contributed by atoms with van der Waals surface area (Å²) in [6, 6.07) is 5.94. The summed E-state index contributed by atoms with van der Waals surface area (Å²) in [5.41, 5.74) is 0. The fraction of sp³-hybridized carbons (Fsp3) is 0.882. The molecule has 0 amide bonds. The quantitative estimate of drug-likeness (QED) is 0.387. The summed E-state index contributed by atoms with van der Waals surface area (Å²) in [6.07, 6.45) is 10.7. The molecule has 0 aliphatic carbocycles. The normalized spacial score (nSPS) is 17.6. The van der Waals surface area contributed by atoms with Gasteiger partial charge in [-0.2, -0.15) is 0 Å². The van der Waals surface area contributed by atoms with Crippen molar-refractivity contribution in [3.05, 3.63) is 12.7 Å². The highest BCUT2D eigenvalue weighted by Gasteiger charge is 2.29. The fourth-order valence-electron chi connectivity index (χ4n) is 3.91. The third-order valence-electron chi connectivity index (χ3n) is 4.77. The summed E-state index contributed by atoms with van der Waals surface area (Å²) in [5.74, 6) is 0. The molecule has 0 N–H and O–H groups in total. The zero-order valence-corrected chi connectivity index (χ0v) is 14.4.